The number of hydrogen-bond donors (Lipinski definition) is 0. The first-order chi connectivity index (χ1) is 4.93. The summed E-state index contributed by atoms with van der Waals surface area (Å²) in [6.07, 6.45) is 2.50. The van der Waals surface area contributed by atoms with E-state index in [-0.39, 0.29) is 0 Å². The van der Waals surface area contributed by atoms with Crippen LogP contribution in [0.5, 0.6) is 0 Å². The minimum absolute atomic E-state index is 1.22. The van der Waals surface area contributed by atoms with Gasteiger partial charge < -0.3 is 0 Å². The van der Waals surface area contributed by atoms with Crippen molar-refractivity contribution >= 4 is 16.0 Å². The molecule has 1 heteroatoms. The van der Waals surface area contributed by atoms with Crippen molar-refractivity contribution in [1.29, 1.82) is 0 Å². The fourth-order valence-corrected chi connectivity index (χ4v) is 1.26. The van der Waals surface area contributed by atoms with Crippen LogP contribution in [0.4, 0.5) is 0 Å². The van der Waals surface area contributed by atoms with Crippen molar-refractivity contribution in [3.8, 4) is 0 Å². The summed E-state index contributed by atoms with van der Waals surface area (Å²) in [6.45, 7) is 0. The molecule has 0 aliphatic heterocycles. The van der Waals surface area contributed by atoms with E-state index in [1.165, 1.54) is 23.7 Å². The van der Waals surface area contributed by atoms with E-state index < -0.39 is 0 Å². The molecule has 1 aromatic carbocycles. The van der Waals surface area contributed by atoms with Gasteiger partial charge in [-0.2, -0.15) is 0 Å². The van der Waals surface area contributed by atoms with Crippen molar-refractivity contribution in [2.45, 2.75) is 18.2 Å². The van der Waals surface area contributed by atoms with E-state index in [1.54, 1.807) is 0 Å². The first kappa shape index (κ1) is 7.84. The van der Waals surface area contributed by atoms with Gasteiger partial charge in [-0.15, -0.1) is 0 Å². The Kier molecular flexibility index (Phi) is 3.56. The molecule has 0 radical (unpaired) electrons. The van der Waals surface area contributed by atoms with Crippen molar-refractivity contribution < 1.29 is 0 Å². The Morgan fingerprint density at radius 3 is 2.40 bits per heavy atom. The number of aryl methyl sites for hydroxylation is 1. The second-order valence-electron chi connectivity index (χ2n) is 2.31. The predicted molar refractivity (Wildman–Crippen MR) is 46.7 cm³/mol. The Morgan fingerprint density at radius 1 is 1.10 bits per heavy atom. The van der Waals surface area contributed by atoms with Gasteiger partial charge >= 0.3 is 70.1 Å². The van der Waals surface area contributed by atoms with Crippen LogP contribution in [0, 0.1) is 0 Å². The molecule has 0 spiro atoms. The molecule has 54 valence electrons. The van der Waals surface area contributed by atoms with Crippen LogP contribution in [0.25, 0.3) is 0 Å². The first-order valence-electron chi connectivity index (χ1n) is 3.58. The summed E-state index contributed by atoms with van der Waals surface area (Å²) in [5.41, 5.74) is 1.45. The van der Waals surface area contributed by atoms with E-state index in [0.29, 0.717) is 0 Å². The van der Waals surface area contributed by atoms with Crippen LogP contribution >= 0.6 is 0 Å². The van der Waals surface area contributed by atoms with Gasteiger partial charge in [-0.1, -0.05) is 0 Å². The van der Waals surface area contributed by atoms with Crippen molar-refractivity contribution in [3.05, 3.63) is 35.9 Å². The Morgan fingerprint density at radius 2 is 1.80 bits per heavy atom. The van der Waals surface area contributed by atoms with Gasteiger partial charge in [-0.3, -0.25) is 0 Å². The molecule has 0 atom stereocenters. The van der Waals surface area contributed by atoms with Gasteiger partial charge in [0.15, 0.2) is 0 Å². The molecule has 10 heavy (non-hydrogen) atoms. The zero-order valence-electron chi connectivity index (χ0n) is 5.96. The van der Waals surface area contributed by atoms with Crippen LogP contribution in [0.1, 0.15) is 12.0 Å². The van der Waals surface area contributed by atoms with Gasteiger partial charge in [0.05, 0.1) is 0 Å². The SMILES string of the molecule is [SeH]CCCc1ccccc1. The molecule has 1 aromatic rings. The molecular formula is C9H12Se. The molecule has 0 aliphatic rings. The molecule has 0 heterocycles. The molecule has 0 fully saturated rings. The molecule has 0 nitrogen and oxygen atoms in total. The zero-order valence-corrected chi connectivity index (χ0v) is 7.83. The Hall–Kier alpha value is -0.261. The summed E-state index contributed by atoms with van der Waals surface area (Å²) < 4.78 is 0. The quantitative estimate of drug-likeness (QED) is 0.652. The van der Waals surface area contributed by atoms with Crippen LogP contribution in [-0.4, -0.2) is 16.0 Å². The summed E-state index contributed by atoms with van der Waals surface area (Å²) in [5, 5.41) is 1.22. The molecule has 0 saturated carbocycles. The third-order valence-corrected chi connectivity index (χ3v) is 2.13. The average molecular weight is 199 g/mol. The van der Waals surface area contributed by atoms with E-state index in [9.17, 15) is 0 Å². The number of hydrogen-bond acceptors (Lipinski definition) is 0. The molecular weight excluding hydrogens is 187 g/mol. The zero-order chi connectivity index (χ0) is 7.23. The van der Waals surface area contributed by atoms with Crippen LogP contribution in [0.2, 0.25) is 5.32 Å². The van der Waals surface area contributed by atoms with E-state index in [0.717, 1.165) is 0 Å². The first-order valence-corrected chi connectivity index (χ1v) is 4.91. The molecule has 0 N–H and O–H groups in total. The maximum absolute atomic E-state index is 2.62. The Balaban J connectivity index is 2.43. The Bertz CT molecular complexity index is 169. The molecule has 0 unspecified atom stereocenters. The molecule has 0 aromatic heterocycles. The summed E-state index contributed by atoms with van der Waals surface area (Å²) in [4.78, 5) is 0. The molecule has 0 saturated heterocycles. The predicted octanol–water partition coefficient (Wildman–Crippen LogP) is 1.94. The van der Waals surface area contributed by atoms with Crippen LogP contribution in [-0.2, 0) is 6.42 Å². The van der Waals surface area contributed by atoms with E-state index in [1.807, 2.05) is 0 Å². The number of benzene rings is 1. The van der Waals surface area contributed by atoms with Crippen molar-refractivity contribution in [2.24, 2.45) is 0 Å². The summed E-state index contributed by atoms with van der Waals surface area (Å²) in [5.74, 6) is 0. The van der Waals surface area contributed by atoms with Crippen molar-refractivity contribution in [2.75, 3.05) is 0 Å². The van der Waals surface area contributed by atoms with Gasteiger partial charge in [-0.05, 0) is 0 Å². The molecule has 0 amide bonds. The van der Waals surface area contributed by atoms with Gasteiger partial charge in [0.2, 0.25) is 0 Å². The Labute approximate surface area is 70.5 Å². The second kappa shape index (κ2) is 4.54. The van der Waals surface area contributed by atoms with Crippen molar-refractivity contribution in [1.82, 2.24) is 0 Å². The summed E-state index contributed by atoms with van der Waals surface area (Å²) >= 11 is 2.62. The average Bonchev–Trinajstić information content (AvgIpc) is 2.03. The minimum atomic E-state index is 1.22. The fraction of sp³-hybridized carbons (Fsp3) is 0.333. The van der Waals surface area contributed by atoms with Crippen LogP contribution < -0.4 is 0 Å². The van der Waals surface area contributed by atoms with Gasteiger partial charge in [0.25, 0.3) is 0 Å². The summed E-state index contributed by atoms with van der Waals surface area (Å²) in [7, 11) is 0. The van der Waals surface area contributed by atoms with Crippen molar-refractivity contribution in [3.63, 3.8) is 0 Å². The third-order valence-electron chi connectivity index (χ3n) is 1.47. The third kappa shape index (κ3) is 2.55. The molecule has 1 rings (SSSR count). The standard InChI is InChI=1S/C9H12Se/c10-8-4-7-9-5-2-1-3-6-9/h1-3,5-6,10H,4,7-8H2. The summed E-state index contributed by atoms with van der Waals surface area (Å²) in [6, 6.07) is 10.6. The number of rotatable bonds is 3. The molecule has 0 aliphatic carbocycles. The molecule has 0 bridgehead atoms. The topological polar surface area (TPSA) is 0 Å². The van der Waals surface area contributed by atoms with Gasteiger partial charge in [0, 0.05) is 0 Å². The van der Waals surface area contributed by atoms with E-state index in [2.05, 4.69) is 46.3 Å². The normalized spacial score (nSPS) is 9.70. The van der Waals surface area contributed by atoms with Gasteiger partial charge in [0.1, 0.15) is 0 Å². The van der Waals surface area contributed by atoms with Crippen LogP contribution in [0.3, 0.4) is 0 Å². The maximum atomic E-state index is 2.62. The van der Waals surface area contributed by atoms with Gasteiger partial charge in [-0.25, -0.2) is 0 Å². The monoisotopic (exact) mass is 200 g/mol. The van der Waals surface area contributed by atoms with E-state index in [4.69, 9.17) is 0 Å². The second-order valence-corrected chi connectivity index (χ2v) is 3.25. The fourth-order valence-electron chi connectivity index (χ4n) is 0.928. The van der Waals surface area contributed by atoms with E-state index >= 15 is 0 Å². The van der Waals surface area contributed by atoms with Crippen LogP contribution in [0.15, 0.2) is 30.3 Å².